The number of urea groups is 1. The molecular formula is C25H29N3O6. The molecule has 1 N–H and O–H groups in total. The molecule has 1 aromatic heterocycles. The van der Waals surface area contributed by atoms with Gasteiger partial charge in [-0.15, -0.1) is 0 Å². The monoisotopic (exact) mass is 467 g/mol. The third-order valence-electron chi connectivity index (χ3n) is 6.98. The van der Waals surface area contributed by atoms with Crippen molar-refractivity contribution >= 4 is 17.7 Å². The molecule has 9 heteroatoms. The number of carbonyl (C=O) groups is 3. The fraction of sp³-hybridized carbons (Fsp3) is 0.480. The van der Waals surface area contributed by atoms with Gasteiger partial charge in [0.25, 0.3) is 5.91 Å². The summed E-state index contributed by atoms with van der Waals surface area (Å²) in [5.41, 5.74) is 1.56. The summed E-state index contributed by atoms with van der Waals surface area (Å²) in [5, 5.41) is 2.76. The van der Waals surface area contributed by atoms with E-state index in [9.17, 15) is 14.4 Å². The van der Waals surface area contributed by atoms with Crippen molar-refractivity contribution in [1.29, 1.82) is 0 Å². The van der Waals surface area contributed by atoms with Crippen LogP contribution >= 0.6 is 0 Å². The minimum Gasteiger partial charge on any atom is -0.486 e. The molecule has 2 aromatic rings. The highest BCUT2D eigenvalue weighted by Gasteiger charge is 2.50. The van der Waals surface area contributed by atoms with E-state index in [-0.39, 0.29) is 18.4 Å². The summed E-state index contributed by atoms with van der Waals surface area (Å²) in [6.07, 6.45) is 2.19. The van der Waals surface area contributed by atoms with Crippen LogP contribution in [0, 0.1) is 13.8 Å². The Balaban J connectivity index is 1.35. The Morgan fingerprint density at radius 2 is 1.88 bits per heavy atom. The number of imide groups is 1. The summed E-state index contributed by atoms with van der Waals surface area (Å²) in [7, 11) is 0. The van der Waals surface area contributed by atoms with Crippen LogP contribution in [0.2, 0.25) is 0 Å². The number of benzene rings is 1. The Hall–Kier alpha value is -3.33. The van der Waals surface area contributed by atoms with Crippen LogP contribution in [0.25, 0.3) is 0 Å². The molecule has 5 rings (SSSR count). The molecule has 180 valence electrons. The molecule has 0 saturated carbocycles. The van der Waals surface area contributed by atoms with Crippen molar-refractivity contribution in [2.24, 2.45) is 0 Å². The van der Waals surface area contributed by atoms with Gasteiger partial charge in [0.05, 0.1) is 12.6 Å². The van der Waals surface area contributed by atoms with Crippen molar-refractivity contribution in [2.45, 2.75) is 51.8 Å². The van der Waals surface area contributed by atoms with Gasteiger partial charge in [-0.1, -0.05) is 6.07 Å². The highest BCUT2D eigenvalue weighted by atomic mass is 16.6. The van der Waals surface area contributed by atoms with Gasteiger partial charge in [0.15, 0.2) is 17.3 Å². The predicted molar refractivity (Wildman–Crippen MR) is 122 cm³/mol. The van der Waals surface area contributed by atoms with Gasteiger partial charge in [0.2, 0.25) is 0 Å². The van der Waals surface area contributed by atoms with E-state index in [1.807, 2.05) is 19.9 Å². The SMILES string of the molecule is Cc1cc(C(=O)CN2C(=O)N[C@@](C)(c3ccc4c(c3)OCCO4)C2=O)c(C)n1C[C@@H]1CCCO1. The number of aromatic nitrogens is 1. The molecule has 4 heterocycles. The topological polar surface area (TPSA) is 99.1 Å². The maximum Gasteiger partial charge on any atom is 0.325 e. The number of ether oxygens (including phenoxy) is 3. The third kappa shape index (κ3) is 3.73. The van der Waals surface area contributed by atoms with Crippen LogP contribution in [-0.2, 0) is 21.6 Å². The van der Waals surface area contributed by atoms with E-state index < -0.39 is 17.5 Å². The molecule has 0 spiro atoms. The van der Waals surface area contributed by atoms with E-state index in [2.05, 4.69) is 9.88 Å². The van der Waals surface area contributed by atoms with Crippen molar-refractivity contribution in [1.82, 2.24) is 14.8 Å². The lowest BCUT2D eigenvalue weighted by Crippen LogP contribution is -2.41. The minimum absolute atomic E-state index is 0.144. The van der Waals surface area contributed by atoms with Gasteiger partial charge < -0.3 is 24.1 Å². The van der Waals surface area contributed by atoms with Crippen molar-refractivity contribution in [3.05, 3.63) is 46.8 Å². The number of rotatable bonds is 6. The van der Waals surface area contributed by atoms with Gasteiger partial charge in [-0.2, -0.15) is 0 Å². The number of nitrogens with zero attached hydrogens (tertiary/aromatic N) is 2. The highest BCUT2D eigenvalue weighted by Crippen LogP contribution is 2.37. The zero-order chi connectivity index (χ0) is 24.0. The largest absolute Gasteiger partial charge is 0.486 e. The van der Waals surface area contributed by atoms with Gasteiger partial charge in [-0.3, -0.25) is 14.5 Å². The highest BCUT2D eigenvalue weighted by molar-refractivity contribution is 6.11. The van der Waals surface area contributed by atoms with Gasteiger partial charge in [0.1, 0.15) is 18.8 Å². The molecule has 0 unspecified atom stereocenters. The molecule has 0 bridgehead atoms. The van der Waals surface area contributed by atoms with Crippen LogP contribution in [0.5, 0.6) is 11.5 Å². The van der Waals surface area contributed by atoms with Gasteiger partial charge in [-0.25, -0.2) is 4.79 Å². The van der Waals surface area contributed by atoms with E-state index in [1.54, 1.807) is 25.1 Å². The Bertz CT molecular complexity index is 1170. The van der Waals surface area contributed by atoms with E-state index in [1.165, 1.54) is 0 Å². The van der Waals surface area contributed by atoms with Gasteiger partial charge >= 0.3 is 6.03 Å². The number of amides is 3. The second-order valence-electron chi connectivity index (χ2n) is 9.26. The average Bonchev–Trinajstić information content (AvgIpc) is 3.50. The van der Waals surface area contributed by atoms with E-state index in [0.29, 0.717) is 42.4 Å². The van der Waals surface area contributed by atoms with E-state index in [0.717, 1.165) is 35.7 Å². The van der Waals surface area contributed by atoms with Crippen LogP contribution in [0.15, 0.2) is 24.3 Å². The van der Waals surface area contributed by atoms with Crippen LogP contribution in [0.1, 0.15) is 47.1 Å². The first kappa shape index (κ1) is 22.5. The smallest absolute Gasteiger partial charge is 0.325 e. The standard InChI is InChI=1S/C25H29N3O6/c1-15-11-19(16(2)27(15)13-18-5-4-8-32-18)20(29)14-28-23(30)25(3,26-24(28)31)17-6-7-21-22(12-17)34-10-9-33-21/h6-7,11-12,18H,4-5,8-10,13-14H2,1-3H3,(H,26,31)/t18-,25-/m0/s1. The Morgan fingerprint density at radius 3 is 2.62 bits per heavy atom. The molecule has 3 aliphatic heterocycles. The number of carbonyl (C=O) groups excluding carboxylic acids is 3. The summed E-state index contributed by atoms with van der Waals surface area (Å²) in [4.78, 5) is 40.3. The molecule has 0 aliphatic carbocycles. The van der Waals surface area contributed by atoms with Crippen molar-refractivity contribution < 1.29 is 28.6 Å². The number of hydrogen-bond donors (Lipinski definition) is 1. The first-order chi connectivity index (χ1) is 16.3. The summed E-state index contributed by atoms with van der Waals surface area (Å²) >= 11 is 0. The first-order valence-electron chi connectivity index (χ1n) is 11.6. The molecule has 3 amide bonds. The summed E-state index contributed by atoms with van der Waals surface area (Å²) in [6.45, 7) is 7.49. The number of nitrogens with one attached hydrogen (secondary N) is 1. The number of fused-ring (bicyclic) bond motifs is 1. The second kappa shape index (κ2) is 8.47. The molecule has 1 aromatic carbocycles. The second-order valence-corrected chi connectivity index (χ2v) is 9.26. The molecule has 2 saturated heterocycles. The minimum atomic E-state index is -1.30. The summed E-state index contributed by atoms with van der Waals surface area (Å²) in [5.74, 6) is 0.373. The Labute approximate surface area is 197 Å². The molecule has 2 fully saturated rings. The van der Waals surface area contributed by atoms with E-state index in [4.69, 9.17) is 14.2 Å². The fourth-order valence-corrected chi connectivity index (χ4v) is 4.98. The fourth-order valence-electron chi connectivity index (χ4n) is 4.98. The summed E-state index contributed by atoms with van der Waals surface area (Å²) in [6, 6.07) is 6.40. The van der Waals surface area contributed by atoms with Crippen molar-refractivity contribution in [3.63, 3.8) is 0 Å². The molecular weight excluding hydrogens is 438 g/mol. The van der Waals surface area contributed by atoms with Gasteiger partial charge in [-0.05, 0) is 57.4 Å². The molecule has 9 nitrogen and oxygen atoms in total. The number of Topliss-reactive ketones (excluding diaryl/α,β-unsaturated/α-hetero) is 1. The number of hydrogen-bond acceptors (Lipinski definition) is 6. The van der Waals surface area contributed by atoms with Crippen molar-refractivity contribution in [2.75, 3.05) is 26.4 Å². The lowest BCUT2D eigenvalue weighted by molar-refractivity contribution is -0.130. The quantitative estimate of drug-likeness (QED) is 0.518. The van der Waals surface area contributed by atoms with Crippen LogP contribution < -0.4 is 14.8 Å². The molecule has 34 heavy (non-hydrogen) atoms. The predicted octanol–water partition coefficient (Wildman–Crippen LogP) is 2.71. The van der Waals surface area contributed by atoms with Crippen LogP contribution in [0.3, 0.4) is 0 Å². The maximum atomic E-state index is 13.4. The van der Waals surface area contributed by atoms with Gasteiger partial charge in [0, 0.05) is 30.1 Å². The zero-order valence-electron chi connectivity index (χ0n) is 19.7. The van der Waals surface area contributed by atoms with E-state index >= 15 is 0 Å². The first-order valence-corrected chi connectivity index (χ1v) is 11.6. The zero-order valence-corrected chi connectivity index (χ0v) is 19.7. The lowest BCUT2D eigenvalue weighted by Gasteiger charge is -2.25. The summed E-state index contributed by atoms with van der Waals surface area (Å²) < 4.78 is 19.0. The van der Waals surface area contributed by atoms with Crippen LogP contribution in [0.4, 0.5) is 4.79 Å². The number of ketones is 1. The normalized spacial score (nSPS) is 24.0. The molecule has 3 aliphatic rings. The number of aryl methyl sites for hydroxylation is 1. The Kier molecular flexibility index (Phi) is 5.59. The molecule has 2 atom stereocenters. The third-order valence-corrected chi connectivity index (χ3v) is 6.98. The average molecular weight is 468 g/mol. The molecule has 0 radical (unpaired) electrons. The lowest BCUT2D eigenvalue weighted by atomic mass is 9.91. The Morgan fingerprint density at radius 1 is 1.12 bits per heavy atom. The van der Waals surface area contributed by atoms with Crippen molar-refractivity contribution in [3.8, 4) is 11.5 Å². The maximum absolute atomic E-state index is 13.4. The van der Waals surface area contributed by atoms with Crippen LogP contribution in [-0.4, -0.2) is 59.7 Å².